The normalized spacial score (nSPS) is 29.2. The fraction of sp³-hybridized carbons (Fsp3) is 0.923. The van der Waals surface area contributed by atoms with E-state index in [0.717, 1.165) is 13.0 Å². The number of carbonyl (C=O) groups is 1. The van der Waals surface area contributed by atoms with Gasteiger partial charge >= 0.3 is 0 Å². The van der Waals surface area contributed by atoms with Gasteiger partial charge in [0.2, 0.25) is 5.91 Å². The lowest BCUT2D eigenvalue weighted by atomic mass is 9.96. The summed E-state index contributed by atoms with van der Waals surface area (Å²) in [5, 5.41) is 0. The van der Waals surface area contributed by atoms with Gasteiger partial charge in [-0.2, -0.15) is 0 Å². The van der Waals surface area contributed by atoms with Gasteiger partial charge in [0.1, 0.15) is 0 Å². The molecule has 0 aromatic rings. The standard InChI is InChI=1S/C13H27N3O/c1-4-11-7-6-10(2)16(11)9-5-8-13(3,15)12(14)17/h10-11H,4-9,15H2,1-3H3,(H2,14,17). The molecular formula is C13H27N3O. The Balaban J connectivity index is 2.37. The Morgan fingerprint density at radius 3 is 2.65 bits per heavy atom. The molecule has 1 fully saturated rings. The number of rotatable bonds is 6. The predicted octanol–water partition coefficient (Wildman–Crippen LogP) is 1.23. The topological polar surface area (TPSA) is 72.3 Å². The van der Waals surface area contributed by atoms with Crippen LogP contribution in [-0.2, 0) is 4.79 Å². The van der Waals surface area contributed by atoms with E-state index in [0.29, 0.717) is 18.5 Å². The second-order valence-electron chi connectivity index (χ2n) is 5.61. The van der Waals surface area contributed by atoms with Crippen molar-refractivity contribution in [2.45, 2.75) is 70.5 Å². The molecule has 3 atom stereocenters. The SMILES string of the molecule is CCC1CCC(C)N1CCCC(C)(N)C(N)=O. The van der Waals surface area contributed by atoms with Crippen molar-refractivity contribution in [3.05, 3.63) is 0 Å². The highest BCUT2D eigenvalue weighted by molar-refractivity contribution is 5.83. The molecular weight excluding hydrogens is 214 g/mol. The van der Waals surface area contributed by atoms with Crippen LogP contribution in [0.25, 0.3) is 0 Å². The van der Waals surface area contributed by atoms with Gasteiger partial charge in [-0.25, -0.2) is 0 Å². The van der Waals surface area contributed by atoms with Crippen molar-refractivity contribution in [3.63, 3.8) is 0 Å². The first-order valence-corrected chi connectivity index (χ1v) is 6.73. The molecule has 0 radical (unpaired) electrons. The van der Waals surface area contributed by atoms with Gasteiger partial charge in [-0.3, -0.25) is 9.69 Å². The van der Waals surface area contributed by atoms with Gasteiger partial charge in [-0.1, -0.05) is 6.92 Å². The van der Waals surface area contributed by atoms with E-state index < -0.39 is 11.4 Å². The van der Waals surface area contributed by atoms with Gasteiger partial charge in [0.05, 0.1) is 5.54 Å². The Morgan fingerprint density at radius 2 is 2.12 bits per heavy atom. The third-order valence-corrected chi connectivity index (χ3v) is 4.10. The van der Waals surface area contributed by atoms with E-state index in [2.05, 4.69) is 18.7 Å². The Labute approximate surface area is 105 Å². The summed E-state index contributed by atoms with van der Waals surface area (Å²) in [7, 11) is 0. The lowest BCUT2D eigenvalue weighted by Gasteiger charge is -2.29. The minimum absolute atomic E-state index is 0.404. The predicted molar refractivity (Wildman–Crippen MR) is 70.5 cm³/mol. The van der Waals surface area contributed by atoms with Crippen LogP contribution < -0.4 is 11.5 Å². The van der Waals surface area contributed by atoms with Crippen molar-refractivity contribution in [2.75, 3.05) is 6.54 Å². The highest BCUT2D eigenvalue weighted by Gasteiger charge is 2.30. The average Bonchev–Trinajstić information content (AvgIpc) is 2.59. The van der Waals surface area contributed by atoms with Crippen LogP contribution in [-0.4, -0.2) is 35.0 Å². The number of amides is 1. The summed E-state index contributed by atoms with van der Waals surface area (Å²) in [5.74, 6) is -0.404. The van der Waals surface area contributed by atoms with Crippen LogP contribution in [0, 0.1) is 0 Å². The number of hydrogen-bond acceptors (Lipinski definition) is 3. The summed E-state index contributed by atoms with van der Waals surface area (Å²) in [6.45, 7) is 7.28. The molecule has 4 heteroatoms. The molecule has 4 N–H and O–H groups in total. The molecule has 1 amide bonds. The maximum Gasteiger partial charge on any atom is 0.237 e. The van der Waals surface area contributed by atoms with Gasteiger partial charge in [0.15, 0.2) is 0 Å². The summed E-state index contributed by atoms with van der Waals surface area (Å²) in [4.78, 5) is 13.7. The number of nitrogens with zero attached hydrogens (tertiary/aromatic N) is 1. The van der Waals surface area contributed by atoms with Crippen molar-refractivity contribution in [3.8, 4) is 0 Å². The fourth-order valence-corrected chi connectivity index (χ4v) is 2.72. The van der Waals surface area contributed by atoms with Crippen LogP contribution in [0.15, 0.2) is 0 Å². The second kappa shape index (κ2) is 5.83. The molecule has 1 rings (SSSR count). The minimum Gasteiger partial charge on any atom is -0.368 e. The number of hydrogen-bond donors (Lipinski definition) is 2. The zero-order valence-electron chi connectivity index (χ0n) is 11.4. The van der Waals surface area contributed by atoms with Crippen molar-refractivity contribution in [1.29, 1.82) is 0 Å². The molecule has 17 heavy (non-hydrogen) atoms. The molecule has 1 aliphatic heterocycles. The molecule has 1 heterocycles. The van der Waals surface area contributed by atoms with Crippen LogP contribution in [0.3, 0.4) is 0 Å². The molecule has 0 aliphatic carbocycles. The molecule has 0 aromatic heterocycles. The van der Waals surface area contributed by atoms with Crippen molar-refractivity contribution < 1.29 is 4.79 Å². The largest absolute Gasteiger partial charge is 0.368 e. The minimum atomic E-state index is -0.856. The molecule has 0 spiro atoms. The molecule has 1 aliphatic rings. The molecule has 4 nitrogen and oxygen atoms in total. The van der Waals surface area contributed by atoms with Gasteiger partial charge in [-0.05, 0) is 52.5 Å². The average molecular weight is 241 g/mol. The first kappa shape index (κ1) is 14.5. The molecule has 0 aromatic carbocycles. The highest BCUT2D eigenvalue weighted by Crippen LogP contribution is 2.26. The third-order valence-electron chi connectivity index (χ3n) is 4.10. The molecule has 3 unspecified atom stereocenters. The quantitative estimate of drug-likeness (QED) is 0.734. The van der Waals surface area contributed by atoms with Gasteiger partial charge < -0.3 is 11.5 Å². The van der Waals surface area contributed by atoms with Crippen molar-refractivity contribution in [1.82, 2.24) is 4.90 Å². The van der Waals surface area contributed by atoms with E-state index in [4.69, 9.17) is 11.5 Å². The molecule has 1 saturated heterocycles. The summed E-state index contributed by atoms with van der Waals surface area (Å²) in [5.41, 5.74) is 10.3. The van der Waals surface area contributed by atoms with Gasteiger partial charge in [-0.15, -0.1) is 0 Å². The van der Waals surface area contributed by atoms with E-state index in [1.165, 1.54) is 19.3 Å². The third kappa shape index (κ3) is 3.68. The highest BCUT2D eigenvalue weighted by atomic mass is 16.1. The number of likely N-dealkylation sites (tertiary alicyclic amines) is 1. The first-order valence-electron chi connectivity index (χ1n) is 6.73. The maximum atomic E-state index is 11.1. The van der Waals surface area contributed by atoms with Crippen LogP contribution in [0.1, 0.15) is 52.9 Å². The Hall–Kier alpha value is -0.610. The maximum absolute atomic E-state index is 11.1. The molecule has 0 bridgehead atoms. The summed E-state index contributed by atoms with van der Waals surface area (Å²) < 4.78 is 0. The van der Waals surface area contributed by atoms with Crippen molar-refractivity contribution >= 4 is 5.91 Å². The number of nitrogens with two attached hydrogens (primary N) is 2. The summed E-state index contributed by atoms with van der Waals surface area (Å²) >= 11 is 0. The lowest BCUT2D eigenvalue weighted by Crippen LogP contribution is -2.49. The Bertz CT molecular complexity index is 265. The lowest BCUT2D eigenvalue weighted by molar-refractivity contribution is -0.122. The number of primary amides is 1. The van der Waals surface area contributed by atoms with Crippen LogP contribution in [0.5, 0.6) is 0 Å². The van der Waals surface area contributed by atoms with E-state index in [-0.39, 0.29) is 0 Å². The molecule has 0 saturated carbocycles. The summed E-state index contributed by atoms with van der Waals surface area (Å²) in [6, 6.07) is 1.38. The van der Waals surface area contributed by atoms with E-state index in [1.807, 2.05) is 0 Å². The Kier molecular flexibility index (Phi) is 4.95. The fourth-order valence-electron chi connectivity index (χ4n) is 2.72. The zero-order valence-corrected chi connectivity index (χ0v) is 11.4. The van der Waals surface area contributed by atoms with Gasteiger partial charge in [0.25, 0.3) is 0 Å². The molecule has 100 valence electrons. The second-order valence-corrected chi connectivity index (χ2v) is 5.61. The number of carbonyl (C=O) groups excluding carboxylic acids is 1. The van der Waals surface area contributed by atoms with E-state index in [9.17, 15) is 4.79 Å². The smallest absolute Gasteiger partial charge is 0.237 e. The van der Waals surface area contributed by atoms with Gasteiger partial charge in [0, 0.05) is 12.1 Å². The van der Waals surface area contributed by atoms with E-state index >= 15 is 0 Å². The van der Waals surface area contributed by atoms with Crippen LogP contribution in [0.4, 0.5) is 0 Å². The zero-order chi connectivity index (χ0) is 13.1. The summed E-state index contributed by atoms with van der Waals surface area (Å²) in [6.07, 6.45) is 5.40. The monoisotopic (exact) mass is 241 g/mol. The Morgan fingerprint density at radius 1 is 1.47 bits per heavy atom. The first-order chi connectivity index (χ1) is 7.88. The van der Waals surface area contributed by atoms with E-state index in [1.54, 1.807) is 6.92 Å². The van der Waals surface area contributed by atoms with Crippen molar-refractivity contribution in [2.24, 2.45) is 11.5 Å². The van der Waals surface area contributed by atoms with Crippen LogP contribution in [0.2, 0.25) is 0 Å². The van der Waals surface area contributed by atoms with Crippen LogP contribution >= 0.6 is 0 Å².